The van der Waals surface area contributed by atoms with Crippen molar-refractivity contribution in [3.05, 3.63) is 84.9 Å². The fourth-order valence-electron chi connectivity index (χ4n) is 3.64. The van der Waals surface area contributed by atoms with Gasteiger partial charge in [0, 0.05) is 50.1 Å². The van der Waals surface area contributed by atoms with Crippen LogP contribution in [0.4, 0.5) is 22.7 Å². The molecule has 0 fully saturated rings. The molecule has 0 atom stereocenters. The fraction of sp³-hybridized carbons (Fsp3) is 0.357. The number of rotatable bonds is 16. The molecule has 0 N–H and O–H groups in total. The molecule has 0 bridgehead atoms. The van der Waals surface area contributed by atoms with Gasteiger partial charge in [-0.1, -0.05) is 36.4 Å². The van der Waals surface area contributed by atoms with Gasteiger partial charge < -0.3 is 28.7 Å². The highest BCUT2D eigenvalue weighted by molar-refractivity contribution is 5.69. The first-order chi connectivity index (χ1) is 16.8. The minimum absolute atomic E-state index is 0.594. The molecule has 3 rings (SSSR count). The Balaban J connectivity index is 1.74. The third kappa shape index (κ3) is 8.15. The monoisotopic (exact) mass is 464 g/mol. The maximum atomic E-state index is 5.74. The SMILES string of the molecule is COCCOCCN(c1ccccc1)c1ccc(N(CCOCCOC)c2ccccc2)cc1. The summed E-state index contributed by atoms with van der Waals surface area (Å²) in [4.78, 5) is 4.55. The van der Waals surface area contributed by atoms with Crippen molar-refractivity contribution in [2.45, 2.75) is 0 Å². The van der Waals surface area contributed by atoms with E-state index in [1.54, 1.807) is 14.2 Å². The lowest BCUT2D eigenvalue weighted by atomic mass is 10.2. The van der Waals surface area contributed by atoms with Crippen LogP contribution < -0.4 is 9.80 Å². The summed E-state index contributed by atoms with van der Waals surface area (Å²) in [5.74, 6) is 0. The largest absolute Gasteiger partial charge is 0.382 e. The average Bonchev–Trinajstić information content (AvgIpc) is 2.90. The Morgan fingerprint density at radius 1 is 0.441 bits per heavy atom. The summed E-state index contributed by atoms with van der Waals surface area (Å²) >= 11 is 0. The second-order valence-corrected chi connectivity index (χ2v) is 7.70. The fourth-order valence-corrected chi connectivity index (χ4v) is 3.64. The topological polar surface area (TPSA) is 43.4 Å². The van der Waals surface area contributed by atoms with Crippen molar-refractivity contribution in [2.24, 2.45) is 0 Å². The van der Waals surface area contributed by atoms with Crippen LogP contribution in [-0.2, 0) is 18.9 Å². The van der Waals surface area contributed by atoms with E-state index in [4.69, 9.17) is 18.9 Å². The lowest BCUT2D eigenvalue weighted by molar-refractivity contribution is 0.0746. The van der Waals surface area contributed by atoms with Gasteiger partial charge in [-0.2, -0.15) is 0 Å². The van der Waals surface area contributed by atoms with Gasteiger partial charge in [0.05, 0.1) is 39.6 Å². The molecule has 0 saturated heterocycles. The van der Waals surface area contributed by atoms with E-state index in [9.17, 15) is 0 Å². The lowest BCUT2D eigenvalue weighted by Crippen LogP contribution is -2.24. The highest BCUT2D eigenvalue weighted by atomic mass is 16.5. The van der Waals surface area contributed by atoms with Crippen LogP contribution >= 0.6 is 0 Å². The van der Waals surface area contributed by atoms with Crippen LogP contribution in [0.15, 0.2) is 84.9 Å². The standard InChI is InChI=1S/C28H36N2O4/c1-31-21-23-33-19-17-29(25-9-5-3-6-10-25)27-13-15-28(16-14-27)30(18-20-34-24-22-32-2)26-11-7-4-8-12-26/h3-16H,17-24H2,1-2H3. The molecule has 0 aromatic heterocycles. The summed E-state index contributed by atoms with van der Waals surface area (Å²) in [6.45, 7) is 5.14. The zero-order chi connectivity index (χ0) is 23.8. The van der Waals surface area contributed by atoms with E-state index in [0.29, 0.717) is 39.6 Å². The Morgan fingerprint density at radius 3 is 1.15 bits per heavy atom. The molecule has 0 saturated carbocycles. The van der Waals surface area contributed by atoms with Gasteiger partial charge in [-0.15, -0.1) is 0 Å². The molecule has 0 heterocycles. The molecule has 0 spiro atoms. The van der Waals surface area contributed by atoms with E-state index >= 15 is 0 Å². The van der Waals surface area contributed by atoms with Crippen molar-refractivity contribution in [1.82, 2.24) is 0 Å². The van der Waals surface area contributed by atoms with Crippen molar-refractivity contribution < 1.29 is 18.9 Å². The normalized spacial score (nSPS) is 10.9. The molecule has 3 aromatic rings. The van der Waals surface area contributed by atoms with Gasteiger partial charge in [0.15, 0.2) is 0 Å². The summed E-state index contributed by atoms with van der Waals surface area (Å²) in [6, 6.07) is 29.5. The van der Waals surface area contributed by atoms with Crippen molar-refractivity contribution >= 4 is 22.7 Å². The van der Waals surface area contributed by atoms with Crippen LogP contribution in [0, 0.1) is 0 Å². The molecule has 182 valence electrons. The molecule has 6 heteroatoms. The van der Waals surface area contributed by atoms with E-state index < -0.39 is 0 Å². The summed E-state index contributed by atoms with van der Waals surface area (Å²) in [5, 5.41) is 0. The van der Waals surface area contributed by atoms with E-state index in [1.165, 1.54) is 0 Å². The van der Waals surface area contributed by atoms with Gasteiger partial charge in [-0.05, 0) is 48.5 Å². The molecule has 6 nitrogen and oxygen atoms in total. The van der Waals surface area contributed by atoms with Crippen molar-refractivity contribution in [1.29, 1.82) is 0 Å². The van der Waals surface area contributed by atoms with Crippen molar-refractivity contribution in [3.63, 3.8) is 0 Å². The summed E-state index contributed by atoms with van der Waals surface area (Å²) < 4.78 is 21.6. The molecule has 0 aliphatic rings. The van der Waals surface area contributed by atoms with Gasteiger partial charge in [0.2, 0.25) is 0 Å². The van der Waals surface area contributed by atoms with E-state index in [2.05, 4.69) is 82.6 Å². The third-order valence-electron chi connectivity index (χ3n) is 5.39. The molecule has 0 aliphatic carbocycles. The number of methoxy groups -OCH3 is 2. The maximum absolute atomic E-state index is 5.74. The zero-order valence-corrected chi connectivity index (χ0v) is 20.3. The Labute approximate surface area is 203 Å². The van der Waals surface area contributed by atoms with Gasteiger partial charge in [0.1, 0.15) is 0 Å². The Bertz CT molecular complexity index is 830. The molecular formula is C28H36N2O4. The Hall–Kier alpha value is -2.90. The number of benzene rings is 3. The number of hydrogen-bond acceptors (Lipinski definition) is 6. The minimum atomic E-state index is 0.594. The first-order valence-electron chi connectivity index (χ1n) is 11.7. The van der Waals surface area contributed by atoms with Crippen LogP contribution in [0.1, 0.15) is 0 Å². The van der Waals surface area contributed by atoms with Gasteiger partial charge in [-0.3, -0.25) is 0 Å². The number of ether oxygens (including phenoxy) is 4. The zero-order valence-electron chi connectivity index (χ0n) is 20.3. The second-order valence-electron chi connectivity index (χ2n) is 7.70. The molecule has 0 aliphatic heterocycles. The number of anilines is 4. The van der Waals surface area contributed by atoms with E-state index in [1.807, 2.05) is 12.1 Å². The highest BCUT2D eigenvalue weighted by Gasteiger charge is 2.13. The van der Waals surface area contributed by atoms with Gasteiger partial charge in [-0.25, -0.2) is 0 Å². The summed E-state index contributed by atoms with van der Waals surface area (Å²) in [5.41, 5.74) is 4.51. The molecule has 0 amide bonds. The third-order valence-corrected chi connectivity index (χ3v) is 5.39. The maximum Gasteiger partial charge on any atom is 0.0701 e. The van der Waals surface area contributed by atoms with Crippen molar-refractivity contribution in [3.8, 4) is 0 Å². The van der Waals surface area contributed by atoms with Crippen LogP contribution in [-0.4, -0.2) is 67.0 Å². The average molecular weight is 465 g/mol. The van der Waals surface area contributed by atoms with Crippen LogP contribution in [0.25, 0.3) is 0 Å². The lowest BCUT2D eigenvalue weighted by Gasteiger charge is -2.28. The van der Waals surface area contributed by atoms with E-state index in [0.717, 1.165) is 35.8 Å². The van der Waals surface area contributed by atoms with Crippen molar-refractivity contribution in [2.75, 3.05) is 76.8 Å². The highest BCUT2D eigenvalue weighted by Crippen LogP contribution is 2.30. The molecule has 34 heavy (non-hydrogen) atoms. The predicted octanol–water partition coefficient (Wildman–Crippen LogP) is 5.29. The molecule has 0 unspecified atom stereocenters. The van der Waals surface area contributed by atoms with Crippen LogP contribution in [0.2, 0.25) is 0 Å². The number of hydrogen-bond donors (Lipinski definition) is 0. The molecular weight excluding hydrogens is 428 g/mol. The van der Waals surface area contributed by atoms with Gasteiger partial charge in [0.25, 0.3) is 0 Å². The minimum Gasteiger partial charge on any atom is -0.382 e. The van der Waals surface area contributed by atoms with Gasteiger partial charge >= 0.3 is 0 Å². The summed E-state index contributed by atoms with van der Waals surface area (Å²) in [6.07, 6.45) is 0. The quantitative estimate of drug-likeness (QED) is 0.269. The number of nitrogens with zero attached hydrogens (tertiary/aromatic N) is 2. The Morgan fingerprint density at radius 2 is 0.794 bits per heavy atom. The molecule has 0 radical (unpaired) electrons. The van der Waals surface area contributed by atoms with E-state index in [-0.39, 0.29) is 0 Å². The Kier molecular flexibility index (Phi) is 11.4. The smallest absolute Gasteiger partial charge is 0.0701 e. The van der Waals surface area contributed by atoms with Crippen LogP contribution in [0.3, 0.4) is 0 Å². The second kappa shape index (κ2) is 15.1. The first-order valence-corrected chi connectivity index (χ1v) is 11.7. The molecule has 3 aromatic carbocycles. The van der Waals surface area contributed by atoms with Crippen LogP contribution in [0.5, 0.6) is 0 Å². The first kappa shape index (κ1) is 25.7. The number of para-hydroxylation sites is 2. The summed E-state index contributed by atoms with van der Waals surface area (Å²) in [7, 11) is 3.37. The predicted molar refractivity (Wildman–Crippen MR) is 139 cm³/mol.